The first-order valence-corrected chi connectivity index (χ1v) is 7.79. The van der Waals surface area contributed by atoms with E-state index in [1.807, 2.05) is 6.92 Å². The summed E-state index contributed by atoms with van der Waals surface area (Å²) in [4.78, 5) is 0.241. The number of nitrogen functional groups attached to an aromatic ring is 1. The third kappa shape index (κ3) is 3.26. The lowest BCUT2D eigenvalue weighted by Gasteiger charge is -2.21. The summed E-state index contributed by atoms with van der Waals surface area (Å²) in [6.07, 6.45) is 1.91. The van der Waals surface area contributed by atoms with Gasteiger partial charge in [-0.3, -0.25) is 0 Å². The Bertz CT molecular complexity index is 531. The molecule has 0 spiro atoms. The minimum atomic E-state index is -3.50. The Morgan fingerprint density at radius 2 is 2.16 bits per heavy atom. The average molecular weight is 284 g/mol. The van der Waals surface area contributed by atoms with Crippen LogP contribution in [0, 0.1) is 6.92 Å². The molecule has 1 fully saturated rings. The predicted molar refractivity (Wildman–Crippen MR) is 74.4 cm³/mol. The minimum Gasteiger partial charge on any atom is -0.399 e. The molecular weight excluding hydrogens is 264 g/mol. The molecule has 1 heterocycles. The molecule has 0 aliphatic carbocycles. The highest BCUT2D eigenvalue weighted by Gasteiger charge is 2.26. The molecule has 106 valence electrons. The van der Waals surface area contributed by atoms with Crippen LogP contribution < -0.4 is 5.73 Å². The van der Waals surface area contributed by atoms with Crippen molar-refractivity contribution < 1.29 is 13.2 Å². The zero-order valence-corrected chi connectivity index (χ0v) is 12.1. The van der Waals surface area contributed by atoms with Crippen LogP contribution in [0.15, 0.2) is 23.1 Å². The fourth-order valence-electron chi connectivity index (χ4n) is 2.28. The largest absolute Gasteiger partial charge is 0.399 e. The van der Waals surface area contributed by atoms with Gasteiger partial charge in [-0.2, -0.15) is 4.31 Å². The zero-order valence-electron chi connectivity index (χ0n) is 11.3. The van der Waals surface area contributed by atoms with E-state index in [0.29, 0.717) is 12.2 Å². The molecule has 1 aliphatic heterocycles. The Hall–Kier alpha value is -1.11. The summed E-state index contributed by atoms with van der Waals surface area (Å²) in [5.41, 5.74) is 7.01. The molecule has 0 amide bonds. The van der Waals surface area contributed by atoms with E-state index >= 15 is 0 Å². The maximum atomic E-state index is 12.4. The van der Waals surface area contributed by atoms with Crippen LogP contribution in [0.5, 0.6) is 0 Å². The molecule has 1 aliphatic rings. The Kier molecular flexibility index (Phi) is 4.13. The molecule has 5 nitrogen and oxygen atoms in total. The fourth-order valence-corrected chi connectivity index (χ4v) is 3.62. The predicted octanol–water partition coefficient (Wildman–Crippen LogP) is 1.38. The number of hydrogen-bond donors (Lipinski definition) is 1. The normalized spacial score (nSPS) is 20.1. The van der Waals surface area contributed by atoms with Gasteiger partial charge in [0.1, 0.15) is 0 Å². The Labute approximate surface area is 114 Å². The van der Waals surface area contributed by atoms with Gasteiger partial charge in [0.25, 0.3) is 0 Å². The molecule has 1 unspecified atom stereocenters. The number of ether oxygens (including phenoxy) is 1. The quantitative estimate of drug-likeness (QED) is 0.848. The molecule has 0 saturated carbocycles. The second-order valence-corrected chi connectivity index (χ2v) is 7.04. The lowest BCUT2D eigenvalue weighted by atomic mass is 10.2. The molecule has 0 aromatic heterocycles. The summed E-state index contributed by atoms with van der Waals surface area (Å²) in [6.45, 7) is 2.93. The van der Waals surface area contributed by atoms with E-state index in [1.165, 1.54) is 10.4 Å². The molecule has 1 atom stereocenters. The summed E-state index contributed by atoms with van der Waals surface area (Å²) >= 11 is 0. The van der Waals surface area contributed by atoms with E-state index in [9.17, 15) is 8.42 Å². The van der Waals surface area contributed by atoms with E-state index in [-0.39, 0.29) is 11.0 Å². The first kappa shape index (κ1) is 14.3. The van der Waals surface area contributed by atoms with Gasteiger partial charge in [-0.15, -0.1) is 0 Å². The van der Waals surface area contributed by atoms with Crippen LogP contribution in [-0.2, 0) is 14.8 Å². The number of benzene rings is 1. The van der Waals surface area contributed by atoms with Gasteiger partial charge in [0, 0.05) is 25.9 Å². The lowest BCUT2D eigenvalue weighted by molar-refractivity contribution is 0.0979. The van der Waals surface area contributed by atoms with Gasteiger partial charge in [0.15, 0.2) is 0 Å². The van der Waals surface area contributed by atoms with Crippen LogP contribution in [-0.4, -0.2) is 39.0 Å². The number of hydrogen-bond acceptors (Lipinski definition) is 4. The molecule has 2 rings (SSSR count). The number of aryl methyl sites for hydroxylation is 1. The lowest BCUT2D eigenvalue weighted by Crippen LogP contribution is -2.34. The molecule has 0 bridgehead atoms. The van der Waals surface area contributed by atoms with Crippen LogP contribution >= 0.6 is 0 Å². The first-order chi connectivity index (χ1) is 8.89. The van der Waals surface area contributed by atoms with Gasteiger partial charge in [0.2, 0.25) is 10.0 Å². The van der Waals surface area contributed by atoms with E-state index in [2.05, 4.69) is 0 Å². The van der Waals surface area contributed by atoms with Gasteiger partial charge in [-0.25, -0.2) is 8.42 Å². The van der Waals surface area contributed by atoms with E-state index in [0.717, 1.165) is 25.0 Å². The van der Waals surface area contributed by atoms with Crippen molar-refractivity contribution in [1.82, 2.24) is 4.31 Å². The van der Waals surface area contributed by atoms with Crippen molar-refractivity contribution in [1.29, 1.82) is 0 Å². The molecule has 2 N–H and O–H groups in total. The maximum absolute atomic E-state index is 12.4. The summed E-state index contributed by atoms with van der Waals surface area (Å²) in [6, 6.07) is 4.88. The third-order valence-electron chi connectivity index (χ3n) is 3.27. The number of nitrogens with zero attached hydrogens (tertiary/aromatic N) is 1. The molecule has 6 heteroatoms. The highest BCUT2D eigenvalue weighted by molar-refractivity contribution is 7.89. The zero-order chi connectivity index (χ0) is 14.0. The number of nitrogens with two attached hydrogens (primary N) is 1. The van der Waals surface area contributed by atoms with E-state index in [1.54, 1.807) is 19.2 Å². The first-order valence-electron chi connectivity index (χ1n) is 6.35. The summed E-state index contributed by atoms with van der Waals surface area (Å²) in [5.74, 6) is 0. The number of likely N-dealkylation sites (N-methyl/N-ethyl adjacent to an activating group) is 1. The standard InChI is InChI=1S/C13H20N2O3S/c1-10-6-11(14)8-13(7-10)19(16,17)15(2)9-12-4-3-5-18-12/h6-8,12H,3-5,9,14H2,1-2H3. The SMILES string of the molecule is Cc1cc(N)cc(S(=O)(=O)N(C)CC2CCCO2)c1. The number of sulfonamides is 1. The molecule has 1 saturated heterocycles. The van der Waals surface area contributed by atoms with Gasteiger partial charge in [-0.1, -0.05) is 0 Å². The summed E-state index contributed by atoms with van der Waals surface area (Å²) in [5, 5.41) is 0. The smallest absolute Gasteiger partial charge is 0.242 e. The van der Waals surface area contributed by atoms with Crippen LogP contribution in [0.1, 0.15) is 18.4 Å². The van der Waals surface area contributed by atoms with E-state index < -0.39 is 10.0 Å². The second kappa shape index (κ2) is 5.48. The van der Waals surface area contributed by atoms with Gasteiger partial charge in [0.05, 0.1) is 11.0 Å². The minimum absolute atomic E-state index is 0.00179. The Morgan fingerprint density at radius 1 is 1.42 bits per heavy atom. The van der Waals surface area contributed by atoms with Crippen LogP contribution in [0.2, 0.25) is 0 Å². The van der Waals surface area contributed by atoms with Crippen LogP contribution in [0.4, 0.5) is 5.69 Å². The van der Waals surface area contributed by atoms with Crippen LogP contribution in [0.25, 0.3) is 0 Å². The second-order valence-electron chi connectivity index (χ2n) is 5.00. The van der Waals surface area contributed by atoms with Crippen molar-refractivity contribution in [3.05, 3.63) is 23.8 Å². The van der Waals surface area contributed by atoms with Crippen molar-refractivity contribution in [3.63, 3.8) is 0 Å². The Balaban J connectivity index is 2.20. The topological polar surface area (TPSA) is 72.6 Å². The molecular formula is C13H20N2O3S. The van der Waals surface area contributed by atoms with Crippen molar-refractivity contribution in [3.8, 4) is 0 Å². The van der Waals surface area contributed by atoms with E-state index in [4.69, 9.17) is 10.5 Å². The summed E-state index contributed by atoms with van der Waals surface area (Å²) < 4.78 is 31.7. The van der Waals surface area contributed by atoms with Gasteiger partial charge in [-0.05, 0) is 43.5 Å². The van der Waals surface area contributed by atoms with Gasteiger partial charge < -0.3 is 10.5 Å². The van der Waals surface area contributed by atoms with Crippen molar-refractivity contribution in [2.24, 2.45) is 0 Å². The molecule has 1 aromatic rings. The van der Waals surface area contributed by atoms with Crippen molar-refractivity contribution >= 4 is 15.7 Å². The van der Waals surface area contributed by atoms with Gasteiger partial charge >= 0.3 is 0 Å². The molecule has 1 aromatic carbocycles. The maximum Gasteiger partial charge on any atom is 0.242 e. The summed E-state index contributed by atoms with van der Waals surface area (Å²) in [7, 11) is -1.92. The van der Waals surface area contributed by atoms with Crippen molar-refractivity contribution in [2.75, 3.05) is 25.9 Å². The Morgan fingerprint density at radius 3 is 2.74 bits per heavy atom. The molecule has 0 radical (unpaired) electrons. The third-order valence-corrected chi connectivity index (χ3v) is 5.07. The number of rotatable bonds is 4. The monoisotopic (exact) mass is 284 g/mol. The average Bonchev–Trinajstić information content (AvgIpc) is 2.80. The van der Waals surface area contributed by atoms with Crippen molar-refractivity contribution in [2.45, 2.75) is 30.8 Å². The molecule has 19 heavy (non-hydrogen) atoms. The fraction of sp³-hybridized carbons (Fsp3) is 0.538. The highest BCUT2D eigenvalue weighted by Crippen LogP contribution is 2.21. The van der Waals surface area contributed by atoms with Crippen LogP contribution in [0.3, 0.4) is 0 Å². The highest BCUT2D eigenvalue weighted by atomic mass is 32.2. The number of anilines is 1.